The van der Waals surface area contributed by atoms with Crippen molar-refractivity contribution in [3.05, 3.63) is 113 Å². The summed E-state index contributed by atoms with van der Waals surface area (Å²) in [6.07, 6.45) is 1.39. The van der Waals surface area contributed by atoms with Gasteiger partial charge in [0.1, 0.15) is 18.0 Å². The Kier molecular flexibility index (Phi) is 10.4. The van der Waals surface area contributed by atoms with E-state index in [2.05, 4.69) is 15.8 Å². The Morgan fingerprint density at radius 2 is 1.63 bits per heavy atom. The fraction of sp³-hybridized carbons (Fsp3) is 0.129. The highest BCUT2D eigenvalue weighted by atomic mass is 35.5. The van der Waals surface area contributed by atoms with Crippen LogP contribution in [-0.2, 0) is 19.6 Å². The molecule has 0 atom stereocenters. The van der Waals surface area contributed by atoms with Crippen molar-refractivity contribution in [2.45, 2.75) is 11.8 Å². The summed E-state index contributed by atoms with van der Waals surface area (Å²) < 4.78 is 39.1. The highest BCUT2D eigenvalue weighted by Crippen LogP contribution is 2.34. The van der Waals surface area contributed by atoms with E-state index in [-0.39, 0.29) is 33.9 Å². The van der Waals surface area contributed by atoms with Crippen LogP contribution in [0.4, 0.5) is 11.4 Å². The number of amides is 2. The van der Waals surface area contributed by atoms with Crippen molar-refractivity contribution in [2.75, 3.05) is 29.9 Å². The number of anilines is 2. The Morgan fingerprint density at radius 3 is 2.30 bits per heavy atom. The maximum absolute atomic E-state index is 13.6. The molecule has 0 aliphatic carbocycles. The van der Waals surface area contributed by atoms with Gasteiger partial charge in [-0.2, -0.15) is 5.10 Å². The van der Waals surface area contributed by atoms with E-state index in [0.717, 1.165) is 9.87 Å². The first-order valence-electron chi connectivity index (χ1n) is 13.0. The maximum atomic E-state index is 13.6. The molecule has 222 valence electrons. The number of halogens is 1. The van der Waals surface area contributed by atoms with Gasteiger partial charge in [-0.25, -0.2) is 13.8 Å². The number of ether oxygens (including phenoxy) is 2. The van der Waals surface area contributed by atoms with Gasteiger partial charge in [-0.15, -0.1) is 0 Å². The first kappa shape index (κ1) is 31.1. The third kappa shape index (κ3) is 8.57. The Morgan fingerprint density at radius 1 is 0.930 bits per heavy atom. The van der Waals surface area contributed by atoms with Gasteiger partial charge in [-0.3, -0.25) is 13.9 Å². The second-order valence-electron chi connectivity index (χ2n) is 9.21. The van der Waals surface area contributed by atoms with Gasteiger partial charge >= 0.3 is 0 Å². The number of carbonyl (C=O) groups excluding carboxylic acids is 2. The van der Waals surface area contributed by atoms with Gasteiger partial charge in [0.2, 0.25) is 0 Å². The minimum atomic E-state index is -4.19. The van der Waals surface area contributed by atoms with E-state index in [9.17, 15) is 18.0 Å². The van der Waals surface area contributed by atoms with Crippen LogP contribution in [0.15, 0.2) is 107 Å². The number of aryl methyl sites for hydroxylation is 1. The quantitative estimate of drug-likeness (QED) is 0.169. The van der Waals surface area contributed by atoms with Crippen LogP contribution in [-0.4, -0.2) is 46.7 Å². The highest BCUT2D eigenvalue weighted by molar-refractivity contribution is 7.92. The number of rotatable bonds is 12. The Balaban J connectivity index is 1.40. The number of hydrogen-bond donors (Lipinski definition) is 2. The van der Waals surface area contributed by atoms with Crippen molar-refractivity contribution in [2.24, 2.45) is 5.10 Å². The molecule has 0 radical (unpaired) electrons. The van der Waals surface area contributed by atoms with Crippen LogP contribution in [0.5, 0.6) is 11.5 Å². The molecule has 0 bridgehead atoms. The predicted molar refractivity (Wildman–Crippen MR) is 166 cm³/mol. The van der Waals surface area contributed by atoms with Gasteiger partial charge in [0.25, 0.3) is 21.8 Å². The van der Waals surface area contributed by atoms with Crippen LogP contribution in [0.1, 0.15) is 11.1 Å². The average molecular weight is 621 g/mol. The molecular weight excluding hydrogens is 592 g/mol. The summed E-state index contributed by atoms with van der Waals surface area (Å²) in [6.45, 7) is 1.08. The lowest BCUT2D eigenvalue weighted by molar-refractivity contribution is -0.119. The summed E-state index contributed by atoms with van der Waals surface area (Å²) >= 11 is 6.17. The van der Waals surface area contributed by atoms with E-state index in [0.29, 0.717) is 17.0 Å². The largest absolute Gasteiger partial charge is 0.495 e. The van der Waals surface area contributed by atoms with Crippen molar-refractivity contribution < 1.29 is 27.5 Å². The van der Waals surface area contributed by atoms with Crippen molar-refractivity contribution in [3.8, 4) is 11.5 Å². The summed E-state index contributed by atoms with van der Waals surface area (Å²) in [7, 11) is -2.79. The molecule has 0 fully saturated rings. The minimum absolute atomic E-state index is 0.00344. The molecule has 43 heavy (non-hydrogen) atoms. The Labute approximate surface area is 254 Å². The van der Waals surface area contributed by atoms with E-state index in [1.54, 1.807) is 54.6 Å². The summed E-state index contributed by atoms with van der Waals surface area (Å²) in [5.41, 5.74) is 4.64. The fourth-order valence-corrected chi connectivity index (χ4v) is 5.45. The molecule has 0 heterocycles. The van der Waals surface area contributed by atoms with Crippen LogP contribution in [0.3, 0.4) is 0 Å². The Bertz CT molecular complexity index is 1700. The Hall–Kier alpha value is -4.87. The van der Waals surface area contributed by atoms with Gasteiger partial charge in [-0.1, -0.05) is 47.5 Å². The molecule has 0 aromatic heterocycles. The predicted octanol–water partition coefficient (Wildman–Crippen LogP) is 5.02. The molecule has 0 aliphatic heterocycles. The number of methoxy groups -OCH3 is 1. The summed E-state index contributed by atoms with van der Waals surface area (Å²) in [4.78, 5) is 25.0. The van der Waals surface area contributed by atoms with Gasteiger partial charge < -0.3 is 14.8 Å². The molecule has 2 N–H and O–H groups in total. The molecule has 0 aliphatic rings. The van der Waals surface area contributed by atoms with Crippen LogP contribution in [0, 0.1) is 6.92 Å². The van der Waals surface area contributed by atoms with Gasteiger partial charge in [0, 0.05) is 10.7 Å². The average Bonchev–Trinajstić information content (AvgIpc) is 3.00. The first-order valence-corrected chi connectivity index (χ1v) is 14.8. The summed E-state index contributed by atoms with van der Waals surface area (Å²) in [6, 6.07) is 26.5. The third-order valence-electron chi connectivity index (χ3n) is 6.02. The van der Waals surface area contributed by atoms with Crippen LogP contribution < -0.4 is 24.5 Å². The van der Waals surface area contributed by atoms with Gasteiger partial charge in [0.15, 0.2) is 6.61 Å². The van der Waals surface area contributed by atoms with Crippen molar-refractivity contribution in [1.82, 2.24) is 5.43 Å². The first-order chi connectivity index (χ1) is 20.7. The standard InChI is InChI=1S/C31H29ClN4O6S/c1-22-8-15-27(16-9-22)43(39,40)36(28-18-24(32)12-17-29(28)41-2)20-30(37)35-33-19-23-10-13-26(14-11-23)42-21-31(38)34-25-6-4-3-5-7-25/h3-19H,20-21H2,1-2H3,(H,34,38)(H,35,37)/b33-19-. The number of hydrazone groups is 1. The lowest BCUT2D eigenvalue weighted by atomic mass is 10.2. The van der Waals surface area contributed by atoms with Gasteiger partial charge in [0.05, 0.1) is 23.9 Å². The van der Waals surface area contributed by atoms with Gasteiger partial charge in [-0.05, 0) is 79.2 Å². The number of nitrogens with one attached hydrogen (secondary N) is 2. The number of benzene rings is 4. The number of hydrogen-bond acceptors (Lipinski definition) is 7. The lowest BCUT2D eigenvalue weighted by Gasteiger charge is -2.25. The second-order valence-corrected chi connectivity index (χ2v) is 11.5. The molecule has 12 heteroatoms. The number of carbonyl (C=O) groups is 2. The zero-order chi connectivity index (χ0) is 30.8. The van der Waals surface area contributed by atoms with E-state index in [1.165, 1.54) is 37.6 Å². The minimum Gasteiger partial charge on any atom is -0.495 e. The number of para-hydroxylation sites is 1. The van der Waals surface area contributed by atoms with Crippen molar-refractivity contribution >= 4 is 51.0 Å². The van der Waals surface area contributed by atoms with E-state index < -0.39 is 22.5 Å². The maximum Gasteiger partial charge on any atom is 0.264 e. The molecule has 0 spiro atoms. The van der Waals surface area contributed by atoms with Crippen molar-refractivity contribution in [1.29, 1.82) is 0 Å². The second kappa shape index (κ2) is 14.3. The fourth-order valence-electron chi connectivity index (χ4n) is 3.86. The number of sulfonamides is 1. The zero-order valence-electron chi connectivity index (χ0n) is 23.4. The molecular formula is C31H29ClN4O6S. The number of nitrogens with zero attached hydrogens (tertiary/aromatic N) is 2. The molecule has 4 aromatic rings. The molecule has 2 amide bonds. The summed E-state index contributed by atoms with van der Waals surface area (Å²) in [5, 5.41) is 6.96. The molecule has 4 aromatic carbocycles. The van der Waals surface area contributed by atoms with Crippen LogP contribution in [0.25, 0.3) is 0 Å². The topological polar surface area (TPSA) is 126 Å². The molecule has 0 saturated heterocycles. The van der Waals surface area contributed by atoms with Crippen LogP contribution in [0.2, 0.25) is 5.02 Å². The zero-order valence-corrected chi connectivity index (χ0v) is 24.9. The summed E-state index contributed by atoms with van der Waals surface area (Å²) in [5.74, 6) is -0.306. The van der Waals surface area contributed by atoms with E-state index >= 15 is 0 Å². The van der Waals surface area contributed by atoms with Crippen LogP contribution >= 0.6 is 11.6 Å². The lowest BCUT2D eigenvalue weighted by Crippen LogP contribution is -2.39. The smallest absolute Gasteiger partial charge is 0.264 e. The molecule has 4 rings (SSSR count). The van der Waals surface area contributed by atoms with E-state index in [1.807, 2.05) is 25.1 Å². The molecule has 0 unspecified atom stereocenters. The van der Waals surface area contributed by atoms with Crippen molar-refractivity contribution in [3.63, 3.8) is 0 Å². The monoisotopic (exact) mass is 620 g/mol. The normalized spacial score (nSPS) is 11.1. The highest BCUT2D eigenvalue weighted by Gasteiger charge is 2.29. The third-order valence-corrected chi connectivity index (χ3v) is 8.03. The molecule has 0 saturated carbocycles. The van der Waals surface area contributed by atoms with E-state index in [4.69, 9.17) is 21.1 Å². The molecule has 10 nitrogen and oxygen atoms in total. The SMILES string of the molecule is COc1ccc(Cl)cc1N(CC(=O)N/N=C\c1ccc(OCC(=O)Nc2ccccc2)cc1)S(=O)(=O)c1ccc(C)cc1.